The Kier molecular flexibility index (Phi) is 6.61. The summed E-state index contributed by atoms with van der Waals surface area (Å²) >= 11 is 0. The van der Waals surface area contributed by atoms with Gasteiger partial charge in [0.1, 0.15) is 5.76 Å². The Hall–Kier alpha value is -1.78. The number of hydrogen-bond donors (Lipinski definition) is 2. The molecule has 0 saturated heterocycles. The molecule has 0 bridgehead atoms. The molecular formula is C13H20N2O3. The van der Waals surface area contributed by atoms with Gasteiger partial charge in [0.25, 0.3) is 0 Å². The van der Waals surface area contributed by atoms with Crippen LogP contribution in [0.15, 0.2) is 22.8 Å². The Morgan fingerprint density at radius 3 is 2.56 bits per heavy atom. The lowest BCUT2D eigenvalue weighted by atomic mass is 10.2. The molecule has 18 heavy (non-hydrogen) atoms. The van der Waals surface area contributed by atoms with Gasteiger partial charge in [-0.05, 0) is 18.6 Å². The molecule has 0 radical (unpaired) electrons. The first kappa shape index (κ1) is 14.3. The molecule has 1 aromatic rings. The van der Waals surface area contributed by atoms with Gasteiger partial charge in [-0.1, -0.05) is 13.3 Å². The third-order valence-electron chi connectivity index (χ3n) is 2.47. The second-order valence-electron chi connectivity index (χ2n) is 4.06. The number of furan rings is 1. The molecule has 0 aliphatic carbocycles. The summed E-state index contributed by atoms with van der Waals surface area (Å²) in [5.41, 5.74) is 0. The Morgan fingerprint density at radius 2 is 1.94 bits per heavy atom. The molecule has 1 heterocycles. The highest BCUT2D eigenvalue weighted by atomic mass is 16.3. The van der Waals surface area contributed by atoms with Crippen molar-refractivity contribution in [3.05, 3.63) is 24.2 Å². The minimum Gasteiger partial charge on any atom is -0.467 e. The number of amides is 2. The fourth-order valence-corrected chi connectivity index (χ4v) is 1.41. The molecule has 1 rings (SSSR count). The van der Waals surface area contributed by atoms with E-state index in [1.807, 2.05) is 0 Å². The molecule has 0 atom stereocenters. The third kappa shape index (κ3) is 6.08. The maximum absolute atomic E-state index is 11.4. The second kappa shape index (κ2) is 8.33. The van der Waals surface area contributed by atoms with Crippen molar-refractivity contribution in [2.75, 3.05) is 6.54 Å². The molecule has 2 amide bonds. The third-order valence-corrected chi connectivity index (χ3v) is 2.47. The average Bonchev–Trinajstić information content (AvgIpc) is 2.87. The lowest BCUT2D eigenvalue weighted by molar-refractivity contribution is -0.126. The van der Waals surface area contributed by atoms with E-state index in [0.717, 1.165) is 12.8 Å². The van der Waals surface area contributed by atoms with E-state index in [1.54, 1.807) is 18.4 Å². The number of hydrogen-bond acceptors (Lipinski definition) is 3. The van der Waals surface area contributed by atoms with E-state index < -0.39 is 0 Å². The quantitative estimate of drug-likeness (QED) is 0.690. The van der Waals surface area contributed by atoms with Gasteiger partial charge in [-0.15, -0.1) is 0 Å². The molecule has 0 spiro atoms. The number of carbonyl (C=O) groups is 2. The second-order valence-corrected chi connectivity index (χ2v) is 4.06. The van der Waals surface area contributed by atoms with Gasteiger partial charge in [0.2, 0.25) is 11.8 Å². The Bertz CT molecular complexity index is 360. The van der Waals surface area contributed by atoms with Gasteiger partial charge in [-0.2, -0.15) is 0 Å². The first-order valence-corrected chi connectivity index (χ1v) is 6.28. The van der Waals surface area contributed by atoms with E-state index in [4.69, 9.17) is 4.42 Å². The van der Waals surface area contributed by atoms with Crippen LogP contribution in [-0.2, 0) is 16.1 Å². The fraction of sp³-hybridized carbons (Fsp3) is 0.538. The number of rotatable bonds is 8. The van der Waals surface area contributed by atoms with E-state index in [1.165, 1.54) is 0 Å². The van der Waals surface area contributed by atoms with Crippen molar-refractivity contribution in [3.8, 4) is 0 Å². The summed E-state index contributed by atoms with van der Waals surface area (Å²) in [5, 5.41) is 5.47. The summed E-state index contributed by atoms with van der Waals surface area (Å²) in [4.78, 5) is 22.8. The van der Waals surface area contributed by atoms with Crippen molar-refractivity contribution in [2.45, 2.75) is 39.2 Å². The van der Waals surface area contributed by atoms with Crippen molar-refractivity contribution >= 4 is 11.8 Å². The lowest BCUT2D eigenvalue weighted by Gasteiger charge is -2.05. The zero-order valence-corrected chi connectivity index (χ0v) is 10.7. The zero-order valence-electron chi connectivity index (χ0n) is 10.7. The first-order chi connectivity index (χ1) is 8.72. The van der Waals surface area contributed by atoms with Crippen LogP contribution >= 0.6 is 0 Å². The zero-order chi connectivity index (χ0) is 13.2. The van der Waals surface area contributed by atoms with Crippen LogP contribution in [0.25, 0.3) is 0 Å². The summed E-state index contributed by atoms with van der Waals surface area (Å²) in [6.45, 7) is 3.11. The number of carbonyl (C=O) groups excluding carboxylic acids is 2. The minimum atomic E-state index is -0.142. The summed E-state index contributed by atoms with van der Waals surface area (Å²) in [7, 11) is 0. The highest BCUT2D eigenvalue weighted by Crippen LogP contribution is 1.99. The summed E-state index contributed by atoms with van der Waals surface area (Å²) < 4.78 is 5.08. The van der Waals surface area contributed by atoms with Crippen LogP contribution in [0.3, 0.4) is 0 Å². The van der Waals surface area contributed by atoms with Crippen LogP contribution in [0.5, 0.6) is 0 Å². The molecule has 0 aromatic carbocycles. The molecular weight excluding hydrogens is 232 g/mol. The fourth-order valence-electron chi connectivity index (χ4n) is 1.41. The number of unbranched alkanes of at least 4 members (excludes halogenated alkanes) is 1. The molecule has 1 aromatic heterocycles. The van der Waals surface area contributed by atoms with E-state index in [2.05, 4.69) is 17.6 Å². The van der Waals surface area contributed by atoms with Gasteiger partial charge in [0, 0.05) is 19.4 Å². The smallest absolute Gasteiger partial charge is 0.220 e. The normalized spacial score (nSPS) is 10.1. The molecule has 100 valence electrons. The molecule has 5 nitrogen and oxygen atoms in total. The van der Waals surface area contributed by atoms with Gasteiger partial charge in [0.15, 0.2) is 0 Å². The van der Waals surface area contributed by atoms with Crippen molar-refractivity contribution < 1.29 is 14.0 Å². The van der Waals surface area contributed by atoms with E-state index in [9.17, 15) is 9.59 Å². The molecule has 0 aliphatic rings. The van der Waals surface area contributed by atoms with Gasteiger partial charge in [-0.3, -0.25) is 9.59 Å². The van der Waals surface area contributed by atoms with Crippen molar-refractivity contribution in [3.63, 3.8) is 0 Å². The van der Waals surface area contributed by atoms with Gasteiger partial charge in [0.05, 0.1) is 12.8 Å². The van der Waals surface area contributed by atoms with Crippen molar-refractivity contribution in [1.29, 1.82) is 0 Å². The van der Waals surface area contributed by atoms with Crippen LogP contribution in [0.2, 0.25) is 0 Å². The predicted molar refractivity (Wildman–Crippen MR) is 67.7 cm³/mol. The highest BCUT2D eigenvalue weighted by molar-refractivity contribution is 5.83. The van der Waals surface area contributed by atoms with Crippen LogP contribution in [0, 0.1) is 0 Å². The van der Waals surface area contributed by atoms with E-state index >= 15 is 0 Å². The summed E-state index contributed by atoms with van der Waals surface area (Å²) in [6, 6.07) is 3.56. The maximum atomic E-state index is 11.4. The van der Waals surface area contributed by atoms with Crippen LogP contribution in [-0.4, -0.2) is 18.4 Å². The van der Waals surface area contributed by atoms with Crippen molar-refractivity contribution in [2.24, 2.45) is 0 Å². The Labute approximate surface area is 107 Å². The van der Waals surface area contributed by atoms with Crippen molar-refractivity contribution in [1.82, 2.24) is 10.6 Å². The van der Waals surface area contributed by atoms with E-state index in [-0.39, 0.29) is 24.7 Å². The Morgan fingerprint density at radius 1 is 1.22 bits per heavy atom. The molecule has 0 aliphatic heterocycles. The highest BCUT2D eigenvalue weighted by Gasteiger charge is 2.06. The summed E-state index contributed by atoms with van der Waals surface area (Å²) in [6.07, 6.45) is 4.01. The maximum Gasteiger partial charge on any atom is 0.220 e. The lowest BCUT2D eigenvalue weighted by Crippen LogP contribution is -2.28. The molecule has 2 N–H and O–H groups in total. The first-order valence-electron chi connectivity index (χ1n) is 6.28. The summed E-state index contributed by atoms with van der Waals surface area (Å²) in [5.74, 6) is 0.490. The van der Waals surface area contributed by atoms with Crippen LogP contribution in [0.1, 0.15) is 38.4 Å². The minimum absolute atomic E-state index is 0.0726. The van der Waals surface area contributed by atoms with Gasteiger partial charge in [-0.25, -0.2) is 0 Å². The van der Waals surface area contributed by atoms with Crippen LogP contribution < -0.4 is 10.6 Å². The van der Waals surface area contributed by atoms with Crippen LogP contribution in [0.4, 0.5) is 0 Å². The SMILES string of the molecule is CCCCNC(=O)CCC(=O)NCc1ccco1. The molecule has 0 unspecified atom stereocenters. The molecule has 0 fully saturated rings. The van der Waals surface area contributed by atoms with Gasteiger partial charge >= 0.3 is 0 Å². The van der Waals surface area contributed by atoms with E-state index in [0.29, 0.717) is 18.8 Å². The monoisotopic (exact) mass is 252 g/mol. The molecule has 0 saturated carbocycles. The average molecular weight is 252 g/mol. The number of nitrogens with one attached hydrogen (secondary N) is 2. The Balaban J connectivity index is 2.07. The standard InChI is InChI=1S/C13H20N2O3/c1-2-3-8-14-12(16)6-7-13(17)15-10-11-5-4-9-18-11/h4-5,9H,2-3,6-8,10H2,1H3,(H,14,16)(H,15,17). The largest absolute Gasteiger partial charge is 0.467 e. The topological polar surface area (TPSA) is 71.3 Å². The molecule has 5 heteroatoms. The predicted octanol–water partition coefficient (Wildman–Crippen LogP) is 1.59. The van der Waals surface area contributed by atoms with Gasteiger partial charge < -0.3 is 15.1 Å².